The van der Waals surface area contributed by atoms with E-state index in [9.17, 15) is 9.59 Å². The number of esters is 1. The third kappa shape index (κ3) is 2.93. The van der Waals surface area contributed by atoms with E-state index in [2.05, 4.69) is 32.9 Å². The number of carbonyl (C=O) groups excluding carboxylic acids is 2. The molecule has 0 aliphatic rings. The average Bonchev–Trinajstić information content (AvgIpc) is 2.58. The number of thiophene rings is 1. The fourth-order valence-electron chi connectivity index (χ4n) is 0.931. The highest BCUT2D eigenvalue weighted by atomic mass is 32.1. The summed E-state index contributed by atoms with van der Waals surface area (Å²) in [6.45, 7) is 3.33. The maximum Gasteiger partial charge on any atom is 0.350 e. The van der Waals surface area contributed by atoms with E-state index in [4.69, 9.17) is 0 Å². The first-order valence-corrected chi connectivity index (χ1v) is 5.39. The number of rotatable bonds is 3. The number of nitrogens with one attached hydrogen (secondary N) is 1. The molecule has 0 bridgehead atoms. The Labute approximate surface area is 99.4 Å². The van der Waals surface area contributed by atoms with Gasteiger partial charge in [0.2, 0.25) is 5.91 Å². The van der Waals surface area contributed by atoms with Crippen LogP contribution in [0.2, 0.25) is 0 Å². The zero-order chi connectivity index (χ0) is 11.4. The summed E-state index contributed by atoms with van der Waals surface area (Å²) in [7, 11) is 1.30. The zero-order valence-electron chi connectivity index (χ0n) is 8.07. The fourth-order valence-corrected chi connectivity index (χ4v) is 2.25. The first-order valence-electron chi connectivity index (χ1n) is 3.99. The monoisotopic (exact) mass is 237 g/mol. The Morgan fingerprint density at radius 2 is 2.33 bits per heavy atom. The topological polar surface area (TPSA) is 55.4 Å². The molecular weight excluding hydrogens is 229 g/mol. The van der Waals surface area contributed by atoms with E-state index in [1.165, 1.54) is 18.4 Å². The Bertz CT molecular complexity index is 413. The van der Waals surface area contributed by atoms with Gasteiger partial charge in [-0.1, -0.05) is 10.3 Å². The zero-order valence-corrected chi connectivity index (χ0v) is 10.0. The predicted octanol–water partition coefficient (Wildman–Crippen LogP) is 0.453. The number of ether oxygens (including phenoxy) is 1. The van der Waals surface area contributed by atoms with Crippen molar-refractivity contribution in [2.75, 3.05) is 12.4 Å². The van der Waals surface area contributed by atoms with Crippen LogP contribution in [0, 0.1) is 0 Å². The molecule has 0 fully saturated rings. The molecule has 1 rings (SSSR count). The van der Waals surface area contributed by atoms with Gasteiger partial charge in [0.05, 0.1) is 12.8 Å². The summed E-state index contributed by atoms with van der Waals surface area (Å²) in [4.78, 5) is 22.8. The van der Waals surface area contributed by atoms with Gasteiger partial charge in [0.15, 0.2) is 16.3 Å². The van der Waals surface area contributed by atoms with Crippen molar-refractivity contribution in [3.05, 3.63) is 23.6 Å². The number of hydrogen-bond acceptors (Lipinski definition) is 4. The van der Waals surface area contributed by atoms with Gasteiger partial charge < -0.3 is 10.1 Å². The molecule has 4 nitrogen and oxygen atoms in total. The summed E-state index contributed by atoms with van der Waals surface area (Å²) >= 11 is 3.70. The molecule has 0 unspecified atom stereocenters. The van der Waals surface area contributed by atoms with Crippen LogP contribution in [0.5, 0.6) is 0 Å². The van der Waals surface area contributed by atoms with Crippen LogP contribution in [-0.4, -0.2) is 35.3 Å². The van der Waals surface area contributed by atoms with Crippen molar-refractivity contribution in [3.63, 3.8) is 0 Å². The quantitative estimate of drug-likeness (QED) is 0.472. The predicted molar refractivity (Wildman–Crippen MR) is 59.9 cm³/mol. The van der Waals surface area contributed by atoms with Crippen molar-refractivity contribution < 1.29 is 14.3 Å². The molecule has 0 aliphatic heterocycles. The number of hydrogen-bond donors (Lipinski definition) is 1. The number of carbonyl (C=O) groups is 2. The van der Waals surface area contributed by atoms with E-state index in [1.54, 1.807) is 6.07 Å². The summed E-state index contributed by atoms with van der Waals surface area (Å²) in [5.41, 5.74) is 0.446. The van der Waals surface area contributed by atoms with Crippen molar-refractivity contribution in [2.24, 2.45) is 0 Å². The van der Waals surface area contributed by atoms with Crippen LogP contribution in [-0.2, 0) is 9.53 Å². The molecule has 1 aromatic rings. The van der Waals surface area contributed by atoms with E-state index in [0.29, 0.717) is 10.6 Å². The van der Waals surface area contributed by atoms with Crippen molar-refractivity contribution in [3.8, 4) is 0 Å². The van der Waals surface area contributed by atoms with E-state index in [1.807, 2.05) is 0 Å². The normalized spacial score (nSPS) is 9.40. The Kier molecular flexibility index (Phi) is 4.09. The first-order chi connectivity index (χ1) is 7.08. The van der Waals surface area contributed by atoms with Gasteiger partial charge in [-0.15, -0.1) is 0 Å². The lowest BCUT2D eigenvalue weighted by molar-refractivity contribution is -0.111. The van der Waals surface area contributed by atoms with Gasteiger partial charge in [0.25, 0.3) is 0 Å². The van der Waals surface area contributed by atoms with Gasteiger partial charge in [-0.05, 0) is 12.1 Å². The SMILES string of the molecule is C=CC(=O)Nc1c[c]([Al])sc1C(=O)OC. The molecule has 0 saturated carbocycles. The lowest BCUT2D eigenvalue weighted by atomic mass is 10.3. The van der Waals surface area contributed by atoms with Crippen molar-refractivity contribution in [1.29, 1.82) is 0 Å². The molecule has 1 aromatic heterocycles. The Morgan fingerprint density at radius 1 is 1.67 bits per heavy atom. The van der Waals surface area contributed by atoms with Crippen molar-refractivity contribution in [1.82, 2.24) is 0 Å². The van der Waals surface area contributed by atoms with Crippen LogP contribution in [0.25, 0.3) is 0 Å². The van der Waals surface area contributed by atoms with E-state index < -0.39 is 5.97 Å². The molecule has 0 atom stereocenters. The molecule has 1 N–H and O–H groups in total. The van der Waals surface area contributed by atoms with Crippen molar-refractivity contribution in [2.45, 2.75) is 0 Å². The summed E-state index contributed by atoms with van der Waals surface area (Å²) in [6.07, 6.45) is 1.14. The molecule has 0 aliphatic carbocycles. The maximum atomic E-state index is 11.3. The second kappa shape index (κ2) is 5.12. The second-order valence-electron chi connectivity index (χ2n) is 2.58. The number of anilines is 1. The third-order valence-corrected chi connectivity index (χ3v) is 3.03. The van der Waals surface area contributed by atoms with Gasteiger partial charge in [-0.2, -0.15) is 11.3 Å². The lowest BCUT2D eigenvalue weighted by Gasteiger charge is -2.01. The number of methoxy groups -OCH3 is 1. The molecule has 0 saturated heterocycles. The third-order valence-electron chi connectivity index (χ3n) is 1.57. The van der Waals surface area contributed by atoms with Gasteiger partial charge >= 0.3 is 5.97 Å². The molecule has 1 amide bonds. The minimum Gasteiger partial charge on any atom is -0.465 e. The molecule has 6 heteroatoms. The Hall–Kier alpha value is -1.09. The summed E-state index contributed by atoms with van der Waals surface area (Å²) in [5.74, 6) is -0.823. The van der Waals surface area contributed by atoms with Gasteiger partial charge in [-0.25, -0.2) is 4.79 Å². The average molecular weight is 237 g/mol. The lowest BCUT2D eigenvalue weighted by Crippen LogP contribution is -2.10. The first kappa shape index (κ1) is 12.0. The van der Waals surface area contributed by atoms with Crippen LogP contribution >= 0.6 is 11.3 Å². The Balaban J connectivity index is 3.00. The van der Waals surface area contributed by atoms with Crippen molar-refractivity contribution >= 4 is 48.9 Å². The van der Waals surface area contributed by atoms with Crippen LogP contribution in [0.3, 0.4) is 0 Å². The minimum atomic E-state index is -0.465. The highest BCUT2D eigenvalue weighted by Crippen LogP contribution is 2.20. The van der Waals surface area contributed by atoms with Gasteiger partial charge in [0, 0.05) is 0 Å². The molecule has 15 heavy (non-hydrogen) atoms. The minimum absolute atomic E-state index is 0.358. The van der Waals surface area contributed by atoms with E-state index in [0.717, 1.165) is 9.82 Å². The van der Waals surface area contributed by atoms with Crippen LogP contribution < -0.4 is 9.06 Å². The maximum absolute atomic E-state index is 11.3. The second-order valence-corrected chi connectivity index (χ2v) is 4.70. The molecule has 1 heterocycles. The number of amides is 1. The van der Waals surface area contributed by atoms with E-state index in [-0.39, 0.29) is 5.91 Å². The molecule has 76 valence electrons. The smallest absolute Gasteiger partial charge is 0.350 e. The molecule has 2 radical (unpaired) electrons. The summed E-state index contributed by atoms with van der Waals surface area (Å²) in [6, 6.07) is 1.68. The van der Waals surface area contributed by atoms with Crippen LogP contribution in [0.15, 0.2) is 18.7 Å². The molecule has 0 aromatic carbocycles. The summed E-state index contributed by atoms with van der Waals surface area (Å²) in [5, 5.41) is 2.54. The molecular formula is C9H8AlNO3S. The van der Waals surface area contributed by atoms with Gasteiger partial charge in [-0.3, -0.25) is 4.79 Å². The standard InChI is InChI=1S/C9H8NO3S.Al/c1-3-7(11)10-6-4-5-14-8(6)9(12)13-2;/h3-4H,1H2,2H3,(H,10,11);. The molecule has 0 spiro atoms. The largest absolute Gasteiger partial charge is 0.465 e. The van der Waals surface area contributed by atoms with Gasteiger partial charge in [0.1, 0.15) is 4.88 Å². The highest BCUT2D eigenvalue weighted by molar-refractivity contribution is 7.22. The van der Waals surface area contributed by atoms with E-state index >= 15 is 0 Å². The highest BCUT2D eigenvalue weighted by Gasteiger charge is 2.15. The van der Waals surface area contributed by atoms with Crippen LogP contribution in [0.1, 0.15) is 9.67 Å². The van der Waals surface area contributed by atoms with Crippen LogP contribution in [0.4, 0.5) is 5.69 Å². The Morgan fingerprint density at radius 3 is 2.87 bits per heavy atom. The fraction of sp³-hybridized carbons (Fsp3) is 0.111. The summed E-state index contributed by atoms with van der Waals surface area (Å²) < 4.78 is 5.43.